The Labute approximate surface area is 120 Å². The summed E-state index contributed by atoms with van der Waals surface area (Å²) in [6.45, 7) is 1.96. The first-order valence-electron chi connectivity index (χ1n) is 6.86. The highest BCUT2D eigenvalue weighted by Crippen LogP contribution is 2.54. The summed E-state index contributed by atoms with van der Waals surface area (Å²) >= 11 is 0. The number of nitrogens with two attached hydrogens (primary N) is 1. The SMILES string of the molecule is NC(=O)OC(c1cc(C(=O)O)no1)C1CC2(CCNC2)C1. The van der Waals surface area contributed by atoms with Crippen LogP contribution in [0.3, 0.4) is 0 Å². The van der Waals surface area contributed by atoms with Crippen molar-refractivity contribution < 1.29 is 24.0 Å². The van der Waals surface area contributed by atoms with E-state index >= 15 is 0 Å². The van der Waals surface area contributed by atoms with Crippen molar-refractivity contribution in [3.05, 3.63) is 17.5 Å². The average molecular weight is 295 g/mol. The van der Waals surface area contributed by atoms with Crippen molar-refractivity contribution in [1.82, 2.24) is 10.5 Å². The van der Waals surface area contributed by atoms with Crippen molar-refractivity contribution in [3.8, 4) is 0 Å². The molecule has 1 unspecified atom stereocenters. The molecule has 4 N–H and O–H groups in total. The molecule has 0 aromatic carbocycles. The molecule has 0 bridgehead atoms. The van der Waals surface area contributed by atoms with E-state index in [1.807, 2.05) is 0 Å². The number of nitrogens with zero attached hydrogens (tertiary/aromatic N) is 1. The Morgan fingerprint density at radius 1 is 1.57 bits per heavy atom. The molecule has 1 atom stereocenters. The van der Waals surface area contributed by atoms with Gasteiger partial charge in [0.05, 0.1) is 0 Å². The van der Waals surface area contributed by atoms with Crippen LogP contribution in [-0.2, 0) is 4.74 Å². The smallest absolute Gasteiger partial charge is 0.405 e. The van der Waals surface area contributed by atoms with Crippen LogP contribution < -0.4 is 11.1 Å². The van der Waals surface area contributed by atoms with E-state index < -0.39 is 18.2 Å². The van der Waals surface area contributed by atoms with Crippen LogP contribution in [0.1, 0.15) is 41.6 Å². The molecule has 114 valence electrons. The lowest BCUT2D eigenvalue weighted by molar-refractivity contribution is -0.0413. The molecule has 1 saturated heterocycles. The second-order valence-electron chi connectivity index (χ2n) is 5.87. The van der Waals surface area contributed by atoms with Gasteiger partial charge >= 0.3 is 12.1 Å². The third-order valence-electron chi connectivity index (χ3n) is 4.42. The fourth-order valence-corrected chi connectivity index (χ4v) is 3.45. The highest BCUT2D eigenvalue weighted by atomic mass is 16.6. The number of carboxylic acids is 1. The summed E-state index contributed by atoms with van der Waals surface area (Å²) in [7, 11) is 0. The van der Waals surface area contributed by atoms with E-state index in [2.05, 4.69) is 10.5 Å². The number of nitrogens with one attached hydrogen (secondary N) is 1. The zero-order valence-corrected chi connectivity index (χ0v) is 11.4. The first kappa shape index (κ1) is 13.9. The fraction of sp³-hybridized carbons (Fsp3) is 0.615. The molecular weight excluding hydrogens is 278 g/mol. The third-order valence-corrected chi connectivity index (χ3v) is 4.42. The van der Waals surface area contributed by atoms with Gasteiger partial charge in [0.1, 0.15) is 0 Å². The molecule has 2 aliphatic rings. The zero-order chi connectivity index (χ0) is 15.0. The molecule has 1 aromatic rings. The van der Waals surface area contributed by atoms with Gasteiger partial charge in [-0.05, 0) is 31.2 Å². The zero-order valence-electron chi connectivity index (χ0n) is 11.4. The fourth-order valence-electron chi connectivity index (χ4n) is 3.45. The summed E-state index contributed by atoms with van der Waals surface area (Å²) in [5, 5.41) is 15.7. The molecule has 8 heteroatoms. The monoisotopic (exact) mass is 295 g/mol. The van der Waals surface area contributed by atoms with E-state index in [0.717, 1.165) is 32.4 Å². The number of carbonyl (C=O) groups excluding carboxylic acids is 1. The first-order valence-corrected chi connectivity index (χ1v) is 6.86. The van der Waals surface area contributed by atoms with E-state index in [-0.39, 0.29) is 22.8 Å². The minimum absolute atomic E-state index is 0.0759. The summed E-state index contributed by atoms with van der Waals surface area (Å²) in [4.78, 5) is 21.9. The minimum atomic E-state index is -1.19. The number of ether oxygens (including phenoxy) is 1. The lowest BCUT2D eigenvalue weighted by atomic mass is 9.59. The van der Waals surface area contributed by atoms with E-state index in [4.69, 9.17) is 20.1 Å². The van der Waals surface area contributed by atoms with Crippen LogP contribution in [0.5, 0.6) is 0 Å². The maximum Gasteiger partial charge on any atom is 0.405 e. The largest absolute Gasteiger partial charge is 0.476 e. The summed E-state index contributed by atoms with van der Waals surface area (Å²) in [6.07, 6.45) is 1.30. The van der Waals surface area contributed by atoms with Gasteiger partial charge in [0, 0.05) is 18.5 Å². The Balaban J connectivity index is 1.75. The molecule has 21 heavy (non-hydrogen) atoms. The lowest BCUT2D eigenvalue weighted by Gasteiger charge is -2.46. The van der Waals surface area contributed by atoms with Crippen molar-refractivity contribution in [3.63, 3.8) is 0 Å². The van der Waals surface area contributed by atoms with Crippen LogP contribution in [0.25, 0.3) is 0 Å². The molecule has 3 rings (SSSR count). The van der Waals surface area contributed by atoms with Gasteiger partial charge < -0.3 is 25.4 Å². The van der Waals surface area contributed by atoms with Gasteiger partial charge in [0.2, 0.25) is 0 Å². The van der Waals surface area contributed by atoms with Gasteiger partial charge in [-0.1, -0.05) is 5.16 Å². The second-order valence-corrected chi connectivity index (χ2v) is 5.87. The van der Waals surface area contributed by atoms with Crippen molar-refractivity contribution in [1.29, 1.82) is 0 Å². The molecule has 1 spiro atoms. The number of primary amides is 1. The molecule has 0 radical (unpaired) electrons. The summed E-state index contributed by atoms with van der Waals surface area (Å²) < 4.78 is 10.1. The molecule has 1 saturated carbocycles. The number of rotatable bonds is 4. The number of hydrogen-bond donors (Lipinski definition) is 3. The van der Waals surface area contributed by atoms with E-state index in [0.29, 0.717) is 0 Å². The molecular formula is C13H17N3O5. The number of hydrogen-bond acceptors (Lipinski definition) is 6. The minimum Gasteiger partial charge on any atom is -0.476 e. The number of amides is 1. The molecule has 1 aromatic heterocycles. The number of carboxylic acid groups (broad SMARTS) is 1. The van der Waals surface area contributed by atoms with E-state index in [1.54, 1.807) is 0 Å². The van der Waals surface area contributed by atoms with E-state index in [1.165, 1.54) is 6.07 Å². The third kappa shape index (κ3) is 2.58. The highest BCUT2D eigenvalue weighted by Gasteiger charge is 2.50. The standard InChI is InChI=1S/C13H17N3O5/c14-12(19)20-10(9-3-8(11(17)18)16-21-9)7-4-13(5-7)1-2-15-6-13/h3,7,10,15H,1-2,4-6H2,(H2,14,19)(H,17,18). The maximum atomic E-state index is 11.1. The van der Waals surface area contributed by atoms with Gasteiger partial charge in [0.15, 0.2) is 17.6 Å². The molecule has 8 nitrogen and oxygen atoms in total. The van der Waals surface area contributed by atoms with Crippen molar-refractivity contribution in [2.45, 2.75) is 25.4 Å². The van der Waals surface area contributed by atoms with Crippen molar-refractivity contribution in [2.75, 3.05) is 13.1 Å². The molecule has 1 aliphatic heterocycles. The van der Waals surface area contributed by atoms with Gasteiger partial charge in [-0.25, -0.2) is 9.59 Å². The van der Waals surface area contributed by atoms with Crippen LogP contribution >= 0.6 is 0 Å². The molecule has 1 amide bonds. The van der Waals surface area contributed by atoms with Gasteiger partial charge in [-0.15, -0.1) is 0 Å². The Bertz CT molecular complexity index is 556. The Hall–Kier alpha value is -2.09. The second kappa shape index (κ2) is 5.03. The Morgan fingerprint density at radius 3 is 2.86 bits per heavy atom. The molecule has 1 aliphatic carbocycles. The van der Waals surface area contributed by atoms with Gasteiger partial charge in [-0.2, -0.15) is 0 Å². The number of carbonyl (C=O) groups is 2. The van der Waals surface area contributed by atoms with Crippen molar-refractivity contribution >= 4 is 12.1 Å². The number of aromatic nitrogens is 1. The first-order chi connectivity index (χ1) is 9.99. The predicted molar refractivity (Wildman–Crippen MR) is 69.5 cm³/mol. The van der Waals surface area contributed by atoms with Crippen LogP contribution in [0.4, 0.5) is 4.79 Å². The highest BCUT2D eigenvalue weighted by molar-refractivity contribution is 5.85. The average Bonchev–Trinajstić information content (AvgIpc) is 3.03. The van der Waals surface area contributed by atoms with Crippen LogP contribution in [-0.4, -0.2) is 35.4 Å². The van der Waals surface area contributed by atoms with E-state index in [9.17, 15) is 9.59 Å². The van der Waals surface area contributed by atoms with Crippen LogP contribution in [0.2, 0.25) is 0 Å². The topological polar surface area (TPSA) is 128 Å². The van der Waals surface area contributed by atoms with Gasteiger partial charge in [0.25, 0.3) is 0 Å². The lowest BCUT2D eigenvalue weighted by Crippen LogP contribution is -2.42. The molecule has 2 fully saturated rings. The Kier molecular flexibility index (Phi) is 3.32. The quantitative estimate of drug-likeness (QED) is 0.752. The Morgan fingerprint density at radius 2 is 2.33 bits per heavy atom. The molecule has 2 heterocycles. The normalized spacial score (nSPS) is 29.0. The number of aromatic carboxylic acids is 1. The maximum absolute atomic E-state index is 11.1. The predicted octanol–water partition coefficient (Wildman–Crippen LogP) is 0.899. The van der Waals surface area contributed by atoms with Crippen molar-refractivity contribution in [2.24, 2.45) is 17.1 Å². The van der Waals surface area contributed by atoms with Gasteiger partial charge in [-0.3, -0.25) is 0 Å². The summed E-state index contributed by atoms with van der Waals surface area (Å²) in [5.74, 6) is -0.878. The van der Waals surface area contributed by atoms with Crippen LogP contribution in [0, 0.1) is 11.3 Å². The summed E-state index contributed by atoms with van der Waals surface area (Å²) in [6, 6.07) is 1.29. The summed E-state index contributed by atoms with van der Waals surface area (Å²) in [5.41, 5.74) is 5.16. The van der Waals surface area contributed by atoms with Crippen LogP contribution in [0.15, 0.2) is 10.6 Å².